The fraction of sp³-hybridized carbons (Fsp3) is 0.750. The summed E-state index contributed by atoms with van der Waals surface area (Å²) in [7, 11) is 0. The third-order valence-corrected chi connectivity index (χ3v) is 3.14. The lowest BCUT2D eigenvalue weighted by atomic mass is 10.0. The number of carboxylic acids is 1. The molecule has 1 fully saturated rings. The third-order valence-electron chi connectivity index (χ3n) is 3.14. The van der Waals surface area contributed by atoms with Crippen molar-refractivity contribution in [2.45, 2.75) is 45.4 Å². The van der Waals surface area contributed by atoms with Crippen LogP contribution in [0.5, 0.6) is 0 Å². The Balaban J connectivity index is 2.89. The molecule has 1 aliphatic heterocycles. The normalized spacial score (nSPS) is 24.4. The average Bonchev–Trinajstić information content (AvgIpc) is 2.67. The van der Waals surface area contributed by atoms with Crippen molar-refractivity contribution in [2.75, 3.05) is 6.54 Å². The molecule has 1 saturated heterocycles. The second-order valence-corrected chi connectivity index (χ2v) is 5.16. The molecule has 0 bridgehead atoms. The summed E-state index contributed by atoms with van der Waals surface area (Å²) in [6, 6.07) is -1.80. The number of carbonyl (C=O) groups is 3. The fourth-order valence-electron chi connectivity index (χ4n) is 2.20. The van der Waals surface area contributed by atoms with Gasteiger partial charge in [-0.1, -0.05) is 13.8 Å². The smallest absolute Gasteiger partial charge is 0.326 e. The molecule has 2 unspecified atom stereocenters. The van der Waals surface area contributed by atoms with Crippen molar-refractivity contribution in [3.05, 3.63) is 0 Å². The number of nitrogens with one attached hydrogen (secondary N) is 1. The van der Waals surface area contributed by atoms with Crippen molar-refractivity contribution in [1.82, 2.24) is 10.2 Å². The number of rotatable bonds is 4. The van der Waals surface area contributed by atoms with Crippen molar-refractivity contribution < 1.29 is 24.6 Å². The van der Waals surface area contributed by atoms with Crippen molar-refractivity contribution in [1.29, 1.82) is 0 Å². The molecule has 7 heteroatoms. The molecule has 7 nitrogen and oxygen atoms in total. The highest BCUT2D eigenvalue weighted by molar-refractivity contribution is 5.90. The van der Waals surface area contributed by atoms with Gasteiger partial charge in [0.25, 0.3) is 0 Å². The summed E-state index contributed by atoms with van der Waals surface area (Å²) in [5, 5.41) is 21.1. The number of amides is 2. The van der Waals surface area contributed by atoms with Crippen LogP contribution in [0.15, 0.2) is 0 Å². The summed E-state index contributed by atoms with van der Waals surface area (Å²) >= 11 is 0. The maximum absolute atomic E-state index is 12.3. The van der Waals surface area contributed by atoms with E-state index in [0.29, 0.717) is 0 Å². The van der Waals surface area contributed by atoms with Gasteiger partial charge in [0.15, 0.2) is 0 Å². The largest absolute Gasteiger partial charge is 0.480 e. The van der Waals surface area contributed by atoms with Crippen LogP contribution in [0.2, 0.25) is 0 Å². The van der Waals surface area contributed by atoms with Gasteiger partial charge in [0.1, 0.15) is 12.1 Å². The fourth-order valence-corrected chi connectivity index (χ4v) is 2.20. The van der Waals surface area contributed by atoms with Gasteiger partial charge in [-0.3, -0.25) is 9.59 Å². The zero-order valence-corrected chi connectivity index (χ0v) is 11.3. The standard InChI is InChI=1S/C12H20N2O5/c1-6(2)10(13-7(3)15)11(17)14-5-8(16)4-9(14)12(18)19/h6,8-10,16H,4-5H2,1-3H3,(H,13,15)(H,18,19)/t8?,9-,10?/m0/s1. The molecule has 3 N–H and O–H groups in total. The molecule has 1 heterocycles. The summed E-state index contributed by atoms with van der Waals surface area (Å²) in [5.41, 5.74) is 0. The van der Waals surface area contributed by atoms with Crippen LogP contribution in [-0.4, -0.2) is 57.6 Å². The summed E-state index contributed by atoms with van der Waals surface area (Å²) in [4.78, 5) is 35.6. The molecule has 0 aliphatic carbocycles. The SMILES string of the molecule is CC(=O)NC(C(=O)N1CC(O)C[C@H]1C(=O)O)C(C)C. The molecule has 0 saturated carbocycles. The minimum absolute atomic E-state index is 0.0153. The van der Waals surface area contributed by atoms with E-state index in [-0.39, 0.29) is 24.8 Å². The lowest BCUT2D eigenvalue weighted by Gasteiger charge is -2.28. The number of hydrogen-bond donors (Lipinski definition) is 3. The molecule has 0 aromatic carbocycles. The number of aliphatic carboxylic acids is 1. The van der Waals surface area contributed by atoms with E-state index in [4.69, 9.17) is 5.11 Å². The Bertz CT molecular complexity index is 382. The summed E-state index contributed by atoms with van der Waals surface area (Å²) in [6.45, 7) is 4.82. The van der Waals surface area contributed by atoms with E-state index in [1.165, 1.54) is 6.92 Å². The highest BCUT2D eigenvalue weighted by Gasteiger charge is 2.41. The lowest BCUT2D eigenvalue weighted by Crippen LogP contribution is -2.53. The van der Waals surface area contributed by atoms with Crippen LogP contribution >= 0.6 is 0 Å². The first-order valence-corrected chi connectivity index (χ1v) is 6.22. The molecule has 1 aliphatic rings. The van der Waals surface area contributed by atoms with Crippen LogP contribution in [-0.2, 0) is 14.4 Å². The Morgan fingerprint density at radius 1 is 1.32 bits per heavy atom. The quantitative estimate of drug-likeness (QED) is 0.620. The van der Waals surface area contributed by atoms with Gasteiger partial charge in [0.05, 0.1) is 6.10 Å². The highest BCUT2D eigenvalue weighted by Crippen LogP contribution is 2.20. The number of likely N-dealkylation sites (tertiary alicyclic amines) is 1. The Morgan fingerprint density at radius 2 is 1.89 bits per heavy atom. The number of β-amino-alcohol motifs (C(OH)–C–C–N with tert-alkyl or cyclic N) is 1. The van der Waals surface area contributed by atoms with Gasteiger partial charge < -0.3 is 20.4 Å². The van der Waals surface area contributed by atoms with Crippen LogP contribution in [0.3, 0.4) is 0 Å². The summed E-state index contributed by atoms with van der Waals surface area (Å²) in [6.07, 6.45) is -0.818. The van der Waals surface area contributed by atoms with E-state index in [9.17, 15) is 19.5 Å². The van der Waals surface area contributed by atoms with Crippen LogP contribution in [0.1, 0.15) is 27.2 Å². The maximum Gasteiger partial charge on any atom is 0.326 e. The minimum Gasteiger partial charge on any atom is -0.480 e. The van der Waals surface area contributed by atoms with E-state index in [1.54, 1.807) is 13.8 Å². The summed E-state index contributed by atoms with van der Waals surface area (Å²) < 4.78 is 0. The molecule has 0 aromatic heterocycles. The van der Waals surface area contributed by atoms with Gasteiger partial charge in [0.2, 0.25) is 11.8 Å². The maximum atomic E-state index is 12.3. The van der Waals surface area contributed by atoms with Crippen LogP contribution in [0.4, 0.5) is 0 Å². The molecular weight excluding hydrogens is 252 g/mol. The Morgan fingerprint density at radius 3 is 2.32 bits per heavy atom. The topological polar surface area (TPSA) is 107 Å². The average molecular weight is 272 g/mol. The predicted octanol–water partition coefficient (Wildman–Crippen LogP) is -0.806. The minimum atomic E-state index is -1.14. The van der Waals surface area contributed by atoms with Crippen LogP contribution in [0, 0.1) is 5.92 Å². The first kappa shape index (κ1) is 15.4. The molecule has 108 valence electrons. The lowest BCUT2D eigenvalue weighted by molar-refractivity contribution is -0.149. The number of aliphatic hydroxyl groups is 1. The zero-order valence-electron chi connectivity index (χ0n) is 11.3. The molecule has 3 atom stereocenters. The second-order valence-electron chi connectivity index (χ2n) is 5.16. The van der Waals surface area contributed by atoms with Gasteiger partial charge >= 0.3 is 5.97 Å². The number of aliphatic hydroxyl groups excluding tert-OH is 1. The van der Waals surface area contributed by atoms with E-state index < -0.39 is 30.1 Å². The summed E-state index contributed by atoms with van der Waals surface area (Å²) in [5.74, 6) is -2.12. The third kappa shape index (κ3) is 3.66. The Hall–Kier alpha value is -1.63. The van der Waals surface area contributed by atoms with Crippen molar-refractivity contribution in [3.8, 4) is 0 Å². The number of carboxylic acid groups (broad SMARTS) is 1. The van der Waals surface area contributed by atoms with Crippen molar-refractivity contribution in [2.24, 2.45) is 5.92 Å². The highest BCUT2D eigenvalue weighted by atomic mass is 16.4. The van der Waals surface area contributed by atoms with Crippen LogP contribution in [0.25, 0.3) is 0 Å². The molecule has 1 rings (SSSR count). The molecular formula is C12H20N2O5. The zero-order chi connectivity index (χ0) is 14.7. The molecule has 0 spiro atoms. The second kappa shape index (κ2) is 6.01. The first-order chi connectivity index (χ1) is 8.73. The molecule has 0 aromatic rings. The van der Waals surface area contributed by atoms with Gasteiger partial charge in [-0.2, -0.15) is 0 Å². The molecule has 19 heavy (non-hydrogen) atoms. The number of hydrogen-bond acceptors (Lipinski definition) is 4. The van der Waals surface area contributed by atoms with E-state index in [1.807, 2.05) is 0 Å². The van der Waals surface area contributed by atoms with Gasteiger partial charge in [-0.25, -0.2) is 4.79 Å². The Kier molecular flexibility index (Phi) is 4.88. The number of carbonyl (C=O) groups excluding carboxylic acids is 2. The van der Waals surface area contributed by atoms with Gasteiger partial charge in [0, 0.05) is 19.9 Å². The van der Waals surface area contributed by atoms with Crippen molar-refractivity contribution >= 4 is 17.8 Å². The van der Waals surface area contributed by atoms with E-state index in [2.05, 4.69) is 5.32 Å². The Labute approximate surface area is 111 Å². The van der Waals surface area contributed by atoms with E-state index >= 15 is 0 Å². The first-order valence-electron chi connectivity index (χ1n) is 6.22. The number of nitrogens with zero attached hydrogens (tertiary/aromatic N) is 1. The van der Waals surface area contributed by atoms with Crippen LogP contribution < -0.4 is 5.32 Å². The van der Waals surface area contributed by atoms with Crippen molar-refractivity contribution in [3.63, 3.8) is 0 Å². The van der Waals surface area contributed by atoms with E-state index in [0.717, 1.165) is 4.90 Å². The predicted molar refractivity (Wildman–Crippen MR) is 66.2 cm³/mol. The van der Waals surface area contributed by atoms with Gasteiger partial charge in [-0.15, -0.1) is 0 Å². The molecule has 0 radical (unpaired) electrons. The van der Waals surface area contributed by atoms with Gasteiger partial charge in [-0.05, 0) is 5.92 Å². The monoisotopic (exact) mass is 272 g/mol. The molecule has 2 amide bonds.